The van der Waals surface area contributed by atoms with E-state index in [0.717, 1.165) is 29.7 Å². The number of nitrogens with one attached hydrogen (secondary N) is 1. The summed E-state index contributed by atoms with van der Waals surface area (Å²) < 4.78 is 10.8. The van der Waals surface area contributed by atoms with Crippen molar-refractivity contribution < 1.29 is 13.8 Å². The van der Waals surface area contributed by atoms with Gasteiger partial charge in [0, 0.05) is 23.3 Å². The van der Waals surface area contributed by atoms with E-state index in [1.807, 2.05) is 42.5 Å². The van der Waals surface area contributed by atoms with Crippen LogP contribution in [-0.2, 0) is 19.4 Å². The molecular weight excluding hydrogens is 378 g/mol. The lowest BCUT2D eigenvalue weighted by Crippen LogP contribution is -2.22. The highest BCUT2D eigenvalue weighted by atomic mass is 16.5. The summed E-state index contributed by atoms with van der Waals surface area (Å²) in [5, 5.41) is 10.8. The molecule has 4 aromatic rings. The average Bonchev–Trinajstić information content (AvgIpc) is 3.48. The van der Waals surface area contributed by atoms with Gasteiger partial charge in [0.15, 0.2) is 17.2 Å². The lowest BCUT2D eigenvalue weighted by Gasteiger charge is -2.15. The second kappa shape index (κ2) is 7.99. The first-order valence-corrected chi connectivity index (χ1v) is 10.1. The Morgan fingerprint density at radius 1 is 0.867 bits per heavy atom. The highest BCUT2D eigenvalue weighted by Gasteiger charge is 2.16. The van der Waals surface area contributed by atoms with Gasteiger partial charge in [0.2, 0.25) is 0 Å². The van der Waals surface area contributed by atoms with Crippen molar-refractivity contribution in [1.29, 1.82) is 0 Å². The van der Waals surface area contributed by atoms with Crippen LogP contribution in [0.1, 0.15) is 40.2 Å². The summed E-state index contributed by atoms with van der Waals surface area (Å²) in [5.41, 5.74) is 5.65. The molecule has 1 aliphatic carbocycles. The van der Waals surface area contributed by atoms with Crippen molar-refractivity contribution in [3.63, 3.8) is 0 Å². The van der Waals surface area contributed by atoms with Crippen molar-refractivity contribution in [2.24, 2.45) is 0 Å². The van der Waals surface area contributed by atoms with Gasteiger partial charge in [-0.1, -0.05) is 52.8 Å². The topological polar surface area (TPSA) is 81.2 Å². The van der Waals surface area contributed by atoms with Gasteiger partial charge < -0.3 is 14.4 Å². The fourth-order valence-electron chi connectivity index (χ4n) is 3.80. The van der Waals surface area contributed by atoms with Crippen LogP contribution >= 0.6 is 0 Å². The molecule has 6 heteroatoms. The maximum absolute atomic E-state index is 12.5. The summed E-state index contributed by atoms with van der Waals surface area (Å²) >= 11 is 0. The molecule has 0 atom stereocenters. The molecule has 0 unspecified atom stereocenters. The Morgan fingerprint density at radius 3 is 2.57 bits per heavy atom. The summed E-state index contributed by atoms with van der Waals surface area (Å²) in [6.07, 6.45) is 4.69. The molecular formula is C24H21N3O3. The van der Waals surface area contributed by atoms with Gasteiger partial charge in [0.1, 0.15) is 5.69 Å². The molecule has 30 heavy (non-hydrogen) atoms. The normalized spacial score (nSPS) is 13.1. The van der Waals surface area contributed by atoms with E-state index >= 15 is 0 Å². The van der Waals surface area contributed by atoms with Crippen LogP contribution in [0.3, 0.4) is 0 Å². The monoisotopic (exact) mass is 399 g/mol. The van der Waals surface area contributed by atoms with Gasteiger partial charge in [-0.3, -0.25) is 4.79 Å². The Balaban J connectivity index is 1.25. The number of nitrogens with zero attached hydrogens (tertiary/aromatic N) is 2. The van der Waals surface area contributed by atoms with Gasteiger partial charge in [-0.05, 0) is 42.9 Å². The van der Waals surface area contributed by atoms with Crippen molar-refractivity contribution in [3.05, 3.63) is 83.2 Å². The number of aryl methyl sites for hydroxylation is 2. The van der Waals surface area contributed by atoms with E-state index in [4.69, 9.17) is 9.05 Å². The van der Waals surface area contributed by atoms with Crippen LogP contribution in [0.15, 0.2) is 69.7 Å². The molecule has 2 heterocycles. The standard InChI is InChI=1S/C24H21N3O3/c28-24(25-15-20-13-21(26-29-20)17-7-2-1-3-8-17)22-14-23(30-27-22)19-11-10-16-6-4-5-9-18(16)12-19/h1-3,7-8,10-14H,4-6,9,15H2,(H,25,28). The minimum absolute atomic E-state index is 0.222. The summed E-state index contributed by atoms with van der Waals surface area (Å²) in [6, 6.07) is 19.6. The van der Waals surface area contributed by atoms with Crippen LogP contribution < -0.4 is 5.32 Å². The lowest BCUT2D eigenvalue weighted by molar-refractivity contribution is 0.0938. The first-order valence-electron chi connectivity index (χ1n) is 10.1. The molecule has 0 fully saturated rings. The van der Waals surface area contributed by atoms with Crippen molar-refractivity contribution >= 4 is 5.91 Å². The zero-order valence-electron chi connectivity index (χ0n) is 16.4. The van der Waals surface area contributed by atoms with E-state index in [1.165, 1.54) is 24.0 Å². The number of carbonyl (C=O) groups is 1. The molecule has 1 aliphatic rings. The smallest absolute Gasteiger partial charge is 0.273 e. The number of benzene rings is 2. The van der Waals surface area contributed by atoms with E-state index in [-0.39, 0.29) is 18.1 Å². The second-order valence-electron chi connectivity index (χ2n) is 7.49. The Labute approximate surface area is 173 Å². The van der Waals surface area contributed by atoms with E-state index in [0.29, 0.717) is 11.5 Å². The molecule has 1 amide bonds. The first-order chi connectivity index (χ1) is 14.8. The van der Waals surface area contributed by atoms with E-state index in [1.54, 1.807) is 6.07 Å². The fraction of sp³-hybridized carbons (Fsp3) is 0.208. The van der Waals surface area contributed by atoms with Gasteiger partial charge >= 0.3 is 0 Å². The quantitative estimate of drug-likeness (QED) is 0.521. The maximum Gasteiger partial charge on any atom is 0.273 e. The van der Waals surface area contributed by atoms with Crippen LogP contribution in [0.4, 0.5) is 0 Å². The average molecular weight is 399 g/mol. The number of carbonyl (C=O) groups excluding carboxylic acids is 1. The van der Waals surface area contributed by atoms with E-state index in [9.17, 15) is 4.79 Å². The number of fused-ring (bicyclic) bond motifs is 1. The third kappa shape index (κ3) is 3.76. The van der Waals surface area contributed by atoms with Crippen LogP contribution in [0.5, 0.6) is 0 Å². The molecule has 0 radical (unpaired) electrons. The van der Waals surface area contributed by atoms with E-state index in [2.05, 4.69) is 27.8 Å². The van der Waals surface area contributed by atoms with Crippen molar-refractivity contribution in [2.75, 3.05) is 0 Å². The van der Waals surface area contributed by atoms with Gasteiger partial charge in [-0.15, -0.1) is 0 Å². The van der Waals surface area contributed by atoms with Crippen LogP contribution in [0.2, 0.25) is 0 Å². The van der Waals surface area contributed by atoms with Crippen molar-refractivity contribution in [1.82, 2.24) is 15.6 Å². The first kappa shape index (κ1) is 18.4. The zero-order chi connectivity index (χ0) is 20.3. The summed E-state index contributed by atoms with van der Waals surface area (Å²) in [5.74, 6) is 0.848. The number of rotatable bonds is 5. The molecule has 5 rings (SSSR count). The lowest BCUT2D eigenvalue weighted by atomic mass is 9.90. The number of hydrogen-bond acceptors (Lipinski definition) is 5. The number of amides is 1. The zero-order valence-corrected chi connectivity index (χ0v) is 16.4. The number of aromatic nitrogens is 2. The van der Waals surface area contributed by atoms with Gasteiger partial charge in [-0.25, -0.2) is 0 Å². The van der Waals surface area contributed by atoms with Gasteiger partial charge in [0.25, 0.3) is 5.91 Å². The summed E-state index contributed by atoms with van der Waals surface area (Å²) in [6.45, 7) is 0.222. The third-order valence-corrected chi connectivity index (χ3v) is 5.43. The van der Waals surface area contributed by atoms with Crippen LogP contribution in [0.25, 0.3) is 22.6 Å². The molecule has 0 bridgehead atoms. The molecule has 2 aromatic heterocycles. The van der Waals surface area contributed by atoms with Crippen molar-refractivity contribution in [2.45, 2.75) is 32.2 Å². The van der Waals surface area contributed by atoms with Crippen LogP contribution in [-0.4, -0.2) is 16.2 Å². The molecule has 0 saturated heterocycles. The Bertz CT molecular complexity index is 1180. The predicted molar refractivity (Wildman–Crippen MR) is 112 cm³/mol. The van der Waals surface area contributed by atoms with Gasteiger partial charge in [-0.2, -0.15) is 0 Å². The second-order valence-corrected chi connectivity index (χ2v) is 7.49. The van der Waals surface area contributed by atoms with Crippen LogP contribution in [0, 0.1) is 0 Å². The van der Waals surface area contributed by atoms with Gasteiger partial charge in [0.05, 0.1) is 6.54 Å². The molecule has 0 saturated carbocycles. The maximum atomic E-state index is 12.5. The molecule has 150 valence electrons. The van der Waals surface area contributed by atoms with Crippen molar-refractivity contribution in [3.8, 4) is 22.6 Å². The molecule has 6 nitrogen and oxygen atoms in total. The Hall–Kier alpha value is -3.67. The molecule has 0 aliphatic heterocycles. The minimum atomic E-state index is -0.319. The SMILES string of the molecule is O=C(NCc1cc(-c2ccccc2)no1)c1cc(-c2ccc3c(c2)CCCC3)on1. The largest absolute Gasteiger partial charge is 0.359 e. The number of hydrogen-bond donors (Lipinski definition) is 1. The molecule has 0 spiro atoms. The Morgan fingerprint density at radius 2 is 1.70 bits per heavy atom. The summed E-state index contributed by atoms with van der Waals surface area (Å²) in [7, 11) is 0. The fourth-order valence-corrected chi connectivity index (χ4v) is 3.80. The highest BCUT2D eigenvalue weighted by Crippen LogP contribution is 2.28. The predicted octanol–water partition coefficient (Wildman–Crippen LogP) is 4.81. The van der Waals surface area contributed by atoms with E-state index < -0.39 is 0 Å². The Kier molecular flexibility index (Phi) is 4.89. The minimum Gasteiger partial charge on any atom is -0.359 e. The highest BCUT2D eigenvalue weighted by molar-refractivity contribution is 5.93. The third-order valence-electron chi connectivity index (χ3n) is 5.43. The molecule has 1 N–H and O–H groups in total. The molecule has 2 aromatic carbocycles. The summed E-state index contributed by atoms with van der Waals surface area (Å²) in [4.78, 5) is 12.5.